The molecule has 2 rings (SSSR count). The van der Waals surface area contributed by atoms with Crippen LogP contribution < -0.4 is 4.74 Å². The van der Waals surface area contributed by atoms with E-state index in [1.165, 1.54) is 6.07 Å². The molecule has 1 aliphatic heterocycles. The Labute approximate surface area is 90.0 Å². The second kappa shape index (κ2) is 3.64. The molecule has 0 saturated carbocycles. The molecule has 1 aromatic rings. The van der Waals surface area contributed by atoms with Gasteiger partial charge in [0, 0.05) is 5.56 Å². The van der Waals surface area contributed by atoms with Gasteiger partial charge in [-0.1, -0.05) is 6.92 Å². The Morgan fingerprint density at radius 1 is 1.31 bits per heavy atom. The fourth-order valence-electron chi connectivity index (χ4n) is 1.97. The summed E-state index contributed by atoms with van der Waals surface area (Å²) in [6.07, 6.45) is -4.20. The Hall–Kier alpha value is -1.26. The lowest BCUT2D eigenvalue weighted by atomic mass is 9.90. The van der Waals surface area contributed by atoms with Crippen molar-refractivity contribution >= 4 is 0 Å². The SMILES string of the molecule is CC1CCOc2ccc(F)c(C(F)(F)F)c21. The number of fused-ring (bicyclic) bond motifs is 1. The normalized spacial score (nSPS) is 20.2. The molecule has 0 bridgehead atoms. The smallest absolute Gasteiger partial charge is 0.419 e. The van der Waals surface area contributed by atoms with Crippen LogP contribution in [0.1, 0.15) is 30.4 Å². The zero-order chi connectivity index (χ0) is 11.9. The molecule has 5 heteroatoms. The highest BCUT2D eigenvalue weighted by atomic mass is 19.4. The van der Waals surface area contributed by atoms with Crippen LogP contribution in [-0.2, 0) is 6.18 Å². The minimum atomic E-state index is -4.68. The number of hydrogen-bond donors (Lipinski definition) is 0. The standard InChI is InChI=1S/C11H10F4O/c1-6-4-5-16-8-3-2-7(12)10(9(6)8)11(13,14)15/h2-3,6H,4-5H2,1H3. The van der Waals surface area contributed by atoms with Crippen LogP contribution in [0.4, 0.5) is 17.6 Å². The quantitative estimate of drug-likeness (QED) is 0.621. The van der Waals surface area contributed by atoms with Gasteiger partial charge in [0.1, 0.15) is 11.6 Å². The van der Waals surface area contributed by atoms with Crippen molar-refractivity contribution < 1.29 is 22.3 Å². The first-order valence-electron chi connectivity index (χ1n) is 4.93. The van der Waals surface area contributed by atoms with E-state index in [0.717, 1.165) is 6.07 Å². The van der Waals surface area contributed by atoms with E-state index in [1.54, 1.807) is 6.92 Å². The average Bonchev–Trinajstić information content (AvgIpc) is 2.17. The van der Waals surface area contributed by atoms with E-state index in [-0.39, 0.29) is 17.2 Å². The molecular formula is C11H10F4O. The highest BCUT2D eigenvalue weighted by molar-refractivity contribution is 5.46. The van der Waals surface area contributed by atoms with Crippen molar-refractivity contribution in [2.24, 2.45) is 0 Å². The van der Waals surface area contributed by atoms with Gasteiger partial charge in [-0.25, -0.2) is 4.39 Å². The van der Waals surface area contributed by atoms with Crippen molar-refractivity contribution in [1.82, 2.24) is 0 Å². The second-order valence-electron chi connectivity index (χ2n) is 3.87. The molecule has 1 heterocycles. The number of alkyl halides is 3. The number of hydrogen-bond acceptors (Lipinski definition) is 1. The third-order valence-corrected chi connectivity index (χ3v) is 2.74. The maximum atomic E-state index is 13.3. The van der Waals surface area contributed by atoms with Gasteiger partial charge in [0.2, 0.25) is 0 Å². The van der Waals surface area contributed by atoms with E-state index >= 15 is 0 Å². The monoisotopic (exact) mass is 234 g/mol. The first kappa shape index (κ1) is 11.2. The highest BCUT2D eigenvalue weighted by Gasteiger charge is 2.40. The highest BCUT2D eigenvalue weighted by Crippen LogP contribution is 2.44. The van der Waals surface area contributed by atoms with Crippen LogP contribution in [0.3, 0.4) is 0 Å². The van der Waals surface area contributed by atoms with Gasteiger partial charge in [-0.15, -0.1) is 0 Å². The van der Waals surface area contributed by atoms with Crippen LogP contribution in [-0.4, -0.2) is 6.61 Å². The molecule has 0 saturated heterocycles. The van der Waals surface area contributed by atoms with E-state index in [1.807, 2.05) is 0 Å². The summed E-state index contributed by atoms with van der Waals surface area (Å²) in [5.41, 5.74) is -1.24. The van der Waals surface area contributed by atoms with Crippen molar-refractivity contribution in [2.45, 2.75) is 25.4 Å². The minimum absolute atomic E-state index is 0.0567. The first-order chi connectivity index (χ1) is 7.41. The van der Waals surface area contributed by atoms with E-state index < -0.39 is 17.6 Å². The fourth-order valence-corrected chi connectivity index (χ4v) is 1.97. The van der Waals surface area contributed by atoms with Crippen molar-refractivity contribution in [1.29, 1.82) is 0 Å². The van der Waals surface area contributed by atoms with Gasteiger partial charge in [0.05, 0.1) is 12.2 Å². The summed E-state index contributed by atoms with van der Waals surface area (Å²) < 4.78 is 56.5. The summed E-state index contributed by atoms with van der Waals surface area (Å²) in [6.45, 7) is 2.02. The maximum Gasteiger partial charge on any atom is 0.419 e. The molecule has 0 spiro atoms. The van der Waals surface area contributed by atoms with Crippen LogP contribution in [0.5, 0.6) is 5.75 Å². The lowest BCUT2D eigenvalue weighted by Gasteiger charge is -2.26. The molecule has 1 atom stereocenters. The van der Waals surface area contributed by atoms with Crippen LogP contribution >= 0.6 is 0 Å². The molecule has 1 aromatic carbocycles. The van der Waals surface area contributed by atoms with Crippen LogP contribution in [0.25, 0.3) is 0 Å². The molecular weight excluding hydrogens is 224 g/mol. The second-order valence-corrected chi connectivity index (χ2v) is 3.87. The van der Waals surface area contributed by atoms with Crippen molar-refractivity contribution in [3.8, 4) is 5.75 Å². The third-order valence-electron chi connectivity index (χ3n) is 2.74. The molecule has 88 valence electrons. The fraction of sp³-hybridized carbons (Fsp3) is 0.455. The number of benzene rings is 1. The molecule has 0 aromatic heterocycles. The summed E-state index contributed by atoms with van der Waals surface area (Å²) in [6, 6.07) is 2.06. The summed E-state index contributed by atoms with van der Waals surface area (Å²) in [5, 5.41) is 0. The van der Waals surface area contributed by atoms with Crippen LogP contribution in [0.2, 0.25) is 0 Å². The van der Waals surface area contributed by atoms with Gasteiger partial charge < -0.3 is 4.74 Å². The van der Waals surface area contributed by atoms with Gasteiger partial charge >= 0.3 is 6.18 Å². The summed E-state index contributed by atoms with van der Waals surface area (Å²) in [5.74, 6) is -1.42. The van der Waals surface area contributed by atoms with Crippen LogP contribution in [0, 0.1) is 5.82 Å². The van der Waals surface area contributed by atoms with E-state index in [9.17, 15) is 17.6 Å². The Morgan fingerprint density at radius 3 is 2.62 bits per heavy atom. The van der Waals surface area contributed by atoms with Crippen molar-refractivity contribution in [3.05, 3.63) is 29.1 Å². The van der Waals surface area contributed by atoms with Crippen LogP contribution in [0.15, 0.2) is 12.1 Å². The average molecular weight is 234 g/mol. The van der Waals surface area contributed by atoms with E-state index in [4.69, 9.17) is 4.74 Å². The Morgan fingerprint density at radius 2 is 2.00 bits per heavy atom. The van der Waals surface area contributed by atoms with Crippen molar-refractivity contribution in [2.75, 3.05) is 6.61 Å². The molecule has 0 aliphatic carbocycles. The third kappa shape index (κ3) is 1.74. The Bertz CT molecular complexity index is 411. The summed E-state index contributed by atoms with van der Waals surface area (Å²) >= 11 is 0. The Balaban J connectivity index is 2.67. The topological polar surface area (TPSA) is 9.23 Å². The molecule has 1 nitrogen and oxygen atoms in total. The predicted molar refractivity (Wildman–Crippen MR) is 49.9 cm³/mol. The Kier molecular flexibility index (Phi) is 2.56. The predicted octanol–water partition coefficient (Wildman–Crippen LogP) is 3.73. The lowest BCUT2D eigenvalue weighted by Crippen LogP contribution is -2.20. The maximum absolute atomic E-state index is 13.3. The zero-order valence-electron chi connectivity index (χ0n) is 8.57. The van der Waals surface area contributed by atoms with Crippen molar-refractivity contribution in [3.63, 3.8) is 0 Å². The largest absolute Gasteiger partial charge is 0.493 e. The number of ether oxygens (including phenoxy) is 1. The first-order valence-corrected chi connectivity index (χ1v) is 4.93. The lowest BCUT2D eigenvalue weighted by molar-refractivity contribution is -0.141. The van der Waals surface area contributed by atoms with Gasteiger partial charge in [0.25, 0.3) is 0 Å². The number of halogens is 4. The van der Waals surface area contributed by atoms with E-state index in [2.05, 4.69) is 0 Å². The number of rotatable bonds is 0. The van der Waals surface area contributed by atoms with Gasteiger partial charge in [-0.3, -0.25) is 0 Å². The molecule has 0 radical (unpaired) electrons. The molecule has 0 N–H and O–H groups in total. The van der Waals surface area contributed by atoms with E-state index in [0.29, 0.717) is 13.0 Å². The summed E-state index contributed by atoms with van der Waals surface area (Å²) in [7, 11) is 0. The molecule has 1 unspecified atom stereocenters. The minimum Gasteiger partial charge on any atom is -0.493 e. The molecule has 16 heavy (non-hydrogen) atoms. The molecule has 0 amide bonds. The summed E-state index contributed by atoms with van der Waals surface area (Å²) in [4.78, 5) is 0. The van der Waals surface area contributed by atoms with Gasteiger partial charge in [0.15, 0.2) is 0 Å². The molecule has 1 aliphatic rings. The zero-order valence-corrected chi connectivity index (χ0v) is 8.57. The molecule has 0 fully saturated rings. The van der Waals surface area contributed by atoms with Gasteiger partial charge in [-0.2, -0.15) is 13.2 Å². The van der Waals surface area contributed by atoms with Gasteiger partial charge in [-0.05, 0) is 24.5 Å².